The molecule has 0 spiro atoms. The molecule has 3 N–H and O–H groups in total. The Kier molecular flexibility index (Phi) is 4.76. The molecule has 0 saturated heterocycles. The fourth-order valence-electron chi connectivity index (χ4n) is 2.00. The lowest BCUT2D eigenvalue weighted by Crippen LogP contribution is -2.42. The van der Waals surface area contributed by atoms with Crippen molar-refractivity contribution < 1.29 is 14.0 Å². The van der Waals surface area contributed by atoms with Crippen LogP contribution in [0.3, 0.4) is 0 Å². The van der Waals surface area contributed by atoms with Gasteiger partial charge in [-0.15, -0.1) is 0 Å². The predicted octanol–water partition coefficient (Wildman–Crippen LogP) is 2.44. The van der Waals surface area contributed by atoms with E-state index in [0.29, 0.717) is 17.3 Å². The number of rotatable bonds is 4. The number of hydrogen-bond donors (Lipinski definition) is 3. The minimum Gasteiger partial charge on any atom is -0.444 e. The van der Waals surface area contributed by atoms with E-state index in [4.69, 9.17) is 4.42 Å². The molecule has 0 aliphatic heterocycles. The summed E-state index contributed by atoms with van der Waals surface area (Å²) < 4.78 is 6.11. The number of benzene rings is 1. The number of amides is 2. The maximum absolute atomic E-state index is 11.9. The van der Waals surface area contributed by atoms with Crippen LogP contribution < -0.4 is 10.9 Å². The van der Waals surface area contributed by atoms with E-state index in [1.54, 1.807) is 12.3 Å². The summed E-state index contributed by atoms with van der Waals surface area (Å²) in [5, 5.41) is 0. The van der Waals surface area contributed by atoms with Crippen molar-refractivity contribution in [2.75, 3.05) is 0 Å². The highest BCUT2D eigenvalue weighted by Crippen LogP contribution is 2.18. The first-order chi connectivity index (χ1) is 11.6. The number of hydrogen-bond acceptors (Lipinski definition) is 4. The van der Waals surface area contributed by atoms with Crippen LogP contribution >= 0.6 is 15.9 Å². The van der Waals surface area contributed by atoms with Crippen molar-refractivity contribution in [1.82, 2.24) is 20.8 Å². The van der Waals surface area contributed by atoms with Crippen LogP contribution in [-0.4, -0.2) is 21.8 Å². The topological polar surface area (TPSA) is 100 Å². The molecule has 0 aliphatic carbocycles. The third-order valence-corrected chi connectivity index (χ3v) is 3.58. The van der Waals surface area contributed by atoms with Gasteiger partial charge in [-0.2, -0.15) is 0 Å². The van der Waals surface area contributed by atoms with Gasteiger partial charge in [0.1, 0.15) is 12.0 Å². The highest BCUT2D eigenvalue weighted by molar-refractivity contribution is 9.10. The monoisotopic (exact) mass is 388 g/mol. The van der Waals surface area contributed by atoms with Gasteiger partial charge in [0.05, 0.1) is 12.1 Å². The number of aromatic amines is 1. The molecule has 0 radical (unpaired) electrons. The third kappa shape index (κ3) is 3.90. The fraction of sp³-hybridized carbons (Fsp3) is 0.0625. The van der Waals surface area contributed by atoms with E-state index in [9.17, 15) is 9.59 Å². The molecule has 0 fully saturated rings. The first kappa shape index (κ1) is 16.0. The fourth-order valence-corrected chi connectivity index (χ4v) is 2.35. The lowest BCUT2D eigenvalue weighted by molar-refractivity contribution is -0.121. The number of nitrogens with zero attached hydrogens (tertiary/aromatic N) is 1. The van der Waals surface area contributed by atoms with Gasteiger partial charge in [0.15, 0.2) is 0 Å². The molecule has 3 aromatic rings. The maximum atomic E-state index is 11.9. The quantitative estimate of drug-likeness (QED) is 0.597. The first-order valence-electron chi connectivity index (χ1n) is 7.05. The molecule has 3 rings (SSSR count). The van der Waals surface area contributed by atoms with Crippen molar-refractivity contribution in [2.45, 2.75) is 6.42 Å². The predicted molar refractivity (Wildman–Crippen MR) is 89.7 cm³/mol. The minimum atomic E-state index is -0.445. The highest BCUT2D eigenvalue weighted by Gasteiger charge is 2.12. The van der Waals surface area contributed by atoms with Gasteiger partial charge < -0.3 is 9.40 Å². The largest absolute Gasteiger partial charge is 0.444 e. The molecule has 2 amide bonds. The molecular weight excluding hydrogens is 376 g/mol. The summed E-state index contributed by atoms with van der Waals surface area (Å²) in [6.45, 7) is 0. The highest BCUT2D eigenvalue weighted by atomic mass is 79.9. The van der Waals surface area contributed by atoms with Crippen LogP contribution in [0.4, 0.5) is 0 Å². The molecule has 122 valence electrons. The van der Waals surface area contributed by atoms with Crippen molar-refractivity contribution in [3.05, 3.63) is 64.7 Å². The number of halogens is 1. The van der Waals surface area contributed by atoms with E-state index in [0.717, 1.165) is 10.0 Å². The average Bonchev–Trinajstić information content (AvgIpc) is 3.23. The summed E-state index contributed by atoms with van der Waals surface area (Å²) in [6.07, 6.45) is 3.04. The zero-order valence-corrected chi connectivity index (χ0v) is 14.0. The van der Waals surface area contributed by atoms with E-state index in [1.807, 2.05) is 30.3 Å². The SMILES string of the molecule is O=C(Cc1coc(-c2ccccc2)n1)NNC(=O)c1cc(Br)c[nH]1. The second kappa shape index (κ2) is 7.14. The van der Waals surface area contributed by atoms with Gasteiger partial charge in [0.2, 0.25) is 11.8 Å². The van der Waals surface area contributed by atoms with Crippen molar-refractivity contribution in [3.63, 3.8) is 0 Å². The summed E-state index contributed by atoms with van der Waals surface area (Å²) >= 11 is 3.23. The average molecular weight is 389 g/mol. The summed E-state index contributed by atoms with van der Waals surface area (Å²) in [6, 6.07) is 11.0. The summed E-state index contributed by atoms with van der Waals surface area (Å²) in [5.74, 6) is -0.403. The molecule has 0 atom stereocenters. The number of hydrazine groups is 1. The Hall–Kier alpha value is -2.87. The van der Waals surface area contributed by atoms with Crippen LogP contribution in [-0.2, 0) is 11.2 Å². The van der Waals surface area contributed by atoms with Gasteiger partial charge in [-0.05, 0) is 34.1 Å². The van der Waals surface area contributed by atoms with E-state index >= 15 is 0 Å². The van der Waals surface area contributed by atoms with Crippen LogP contribution in [0.25, 0.3) is 11.5 Å². The molecule has 1 aromatic carbocycles. The van der Waals surface area contributed by atoms with Crippen LogP contribution in [0, 0.1) is 0 Å². The second-order valence-corrected chi connectivity index (χ2v) is 5.84. The molecule has 8 heteroatoms. The molecule has 0 aliphatic rings. The second-order valence-electron chi connectivity index (χ2n) is 4.92. The molecule has 2 aromatic heterocycles. The van der Waals surface area contributed by atoms with E-state index in [2.05, 4.69) is 36.7 Å². The molecule has 2 heterocycles. The summed E-state index contributed by atoms with van der Waals surface area (Å²) in [4.78, 5) is 30.7. The van der Waals surface area contributed by atoms with Crippen LogP contribution in [0.2, 0.25) is 0 Å². The Morgan fingerprint density at radius 1 is 1.21 bits per heavy atom. The van der Waals surface area contributed by atoms with Gasteiger partial charge in [-0.3, -0.25) is 20.4 Å². The lowest BCUT2D eigenvalue weighted by atomic mass is 10.2. The lowest BCUT2D eigenvalue weighted by Gasteiger charge is -2.04. The van der Waals surface area contributed by atoms with Crippen LogP contribution in [0.15, 0.2) is 57.7 Å². The number of carbonyl (C=O) groups excluding carboxylic acids is 2. The Morgan fingerprint density at radius 3 is 2.71 bits per heavy atom. The molecule has 0 saturated carbocycles. The van der Waals surface area contributed by atoms with Gasteiger partial charge in [-0.1, -0.05) is 18.2 Å². The Balaban J connectivity index is 1.54. The third-order valence-electron chi connectivity index (χ3n) is 3.12. The molecule has 0 bridgehead atoms. The Morgan fingerprint density at radius 2 is 2.00 bits per heavy atom. The standard InChI is InChI=1S/C16H13BrN4O3/c17-11-6-13(18-8-11)15(23)21-20-14(22)7-12-9-24-16(19-12)10-4-2-1-3-5-10/h1-6,8-9,18H,7H2,(H,20,22)(H,21,23). The number of oxazole rings is 1. The van der Waals surface area contributed by atoms with Crippen molar-refractivity contribution in [2.24, 2.45) is 0 Å². The van der Waals surface area contributed by atoms with E-state index in [1.165, 1.54) is 6.26 Å². The Labute approximate surface area is 145 Å². The Bertz CT molecular complexity index is 857. The van der Waals surface area contributed by atoms with Crippen molar-refractivity contribution in [1.29, 1.82) is 0 Å². The number of carbonyl (C=O) groups is 2. The zero-order valence-electron chi connectivity index (χ0n) is 12.4. The van der Waals surface area contributed by atoms with E-state index in [-0.39, 0.29) is 6.42 Å². The normalized spacial score (nSPS) is 10.4. The van der Waals surface area contributed by atoms with E-state index < -0.39 is 11.8 Å². The van der Waals surface area contributed by atoms with Crippen LogP contribution in [0.1, 0.15) is 16.2 Å². The van der Waals surface area contributed by atoms with Gasteiger partial charge in [0, 0.05) is 16.2 Å². The maximum Gasteiger partial charge on any atom is 0.286 e. The first-order valence-corrected chi connectivity index (χ1v) is 7.84. The zero-order chi connectivity index (χ0) is 16.9. The van der Waals surface area contributed by atoms with Crippen molar-refractivity contribution in [3.8, 4) is 11.5 Å². The molecule has 0 unspecified atom stereocenters. The van der Waals surface area contributed by atoms with Crippen LogP contribution in [0.5, 0.6) is 0 Å². The summed E-state index contributed by atoms with van der Waals surface area (Å²) in [7, 11) is 0. The molecular formula is C16H13BrN4O3. The van der Waals surface area contributed by atoms with Gasteiger partial charge >= 0.3 is 0 Å². The van der Waals surface area contributed by atoms with Crippen molar-refractivity contribution >= 4 is 27.7 Å². The summed E-state index contributed by atoms with van der Waals surface area (Å²) in [5.41, 5.74) is 6.29. The minimum absolute atomic E-state index is 0.00889. The van der Waals surface area contributed by atoms with Gasteiger partial charge in [0.25, 0.3) is 5.91 Å². The molecule has 24 heavy (non-hydrogen) atoms. The smallest absolute Gasteiger partial charge is 0.286 e. The number of aromatic nitrogens is 2. The number of nitrogens with one attached hydrogen (secondary N) is 3. The number of H-pyrrole nitrogens is 1. The molecule has 7 nitrogen and oxygen atoms in total. The van der Waals surface area contributed by atoms with Gasteiger partial charge in [-0.25, -0.2) is 4.98 Å².